The number of ether oxygens (including phenoxy) is 2. The van der Waals surface area contributed by atoms with Crippen molar-refractivity contribution < 1.29 is 39.4 Å². The van der Waals surface area contributed by atoms with Crippen LogP contribution in [0.4, 0.5) is 0 Å². The van der Waals surface area contributed by atoms with Crippen LogP contribution >= 0.6 is 0 Å². The van der Waals surface area contributed by atoms with Gasteiger partial charge < -0.3 is 39.4 Å². The lowest BCUT2D eigenvalue weighted by atomic mass is 9.99. The lowest BCUT2D eigenvalue weighted by Crippen LogP contribution is -2.60. The minimum Gasteiger partial charge on any atom is -0.508 e. The Bertz CT molecular complexity index is 784. The lowest BCUT2D eigenvalue weighted by Gasteiger charge is -2.39. The number of hydrogen-bond acceptors (Lipinski definition) is 9. The van der Waals surface area contributed by atoms with Crippen molar-refractivity contribution in [1.82, 2.24) is 0 Å². The summed E-state index contributed by atoms with van der Waals surface area (Å²) in [6.45, 7) is -0.601. The summed E-state index contributed by atoms with van der Waals surface area (Å²) < 4.78 is 15.6. The molecule has 0 spiro atoms. The van der Waals surface area contributed by atoms with Crippen LogP contribution in [-0.2, 0) is 4.74 Å². The van der Waals surface area contributed by atoms with Crippen molar-refractivity contribution in [2.75, 3.05) is 6.61 Å². The second kappa shape index (κ2) is 6.38. The Balaban J connectivity index is 1.95. The zero-order chi connectivity index (χ0) is 17.4. The Morgan fingerprint density at radius 2 is 1.83 bits per heavy atom. The smallest absolute Gasteiger partial charge is 0.339 e. The largest absolute Gasteiger partial charge is 0.508 e. The Morgan fingerprint density at radius 3 is 2.54 bits per heavy atom. The lowest BCUT2D eigenvalue weighted by molar-refractivity contribution is -0.277. The molecule has 1 fully saturated rings. The summed E-state index contributed by atoms with van der Waals surface area (Å²) in [6.07, 6.45) is -7.29. The van der Waals surface area contributed by atoms with Gasteiger partial charge >= 0.3 is 5.63 Å². The molecule has 0 unspecified atom stereocenters. The fourth-order valence-electron chi connectivity index (χ4n) is 2.51. The Morgan fingerprint density at radius 1 is 1.08 bits per heavy atom. The number of benzene rings is 1. The Hall–Kier alpha value is -2.17. The molecule has 24 heavy (non-hydrogen) atoms. The minimum atomic E-state index is -1.61. The number of fused-ring (bicyclic) bond motifs is 1. The molecule has 9 heteroatoms. The molecule has 0 bridgehead atoms. The molecule has 0 aliphatic carbocycles. The molecular weight excluding hydrogens is 324 g/mol. The minimum absolute atomic E-state index is 0.00872. The number of phenolic OH excluding ortho intramolecular Hbond substituents is 1. The first kappa shape index (κ1) is 16.7. The van der Waals surface area contributed by atoms with Crippen molar-refractivity contribution in [2.24, 2.45) is 0 Å². The molecule has 130 valence electrons. The van der Waals surface area contributed by atoms with Crippen LogP contribution in [0.25, 0.3) is 11.0 Å². The summed E-state index contributed by atoms with van der Waals surface area (Å²) in [4.78, 5) is 11.6. The maximum Gasteiger partial charge on any atom is 0.339 e. The van der Waals surface area contributed by atoms with Crippen molar-refractivity contribution in [3.63, 3.8) is 0 Å². The third-order valence-electron chi connectivity index (χ3n) is 3.78. The van der Waals surface area contributed by atoms with E-state index >= 15 is 0 Å². The Kier molecular flexibility index (Phi) is 4.43. The summed E-state index contributed by atoms with van der Waals surface area (Å²) in [5, 5.41) is 48.4. The second-order valence-corrected chi connectivity index (χ2v) is 5.43. The van der Waals surface area contributed by atoms with Crippen LogP contribution in [0.2, 0.25) is 0 Å². The van der Waals surface area contributed by atoms with E-state index < -0.39 is 42.9 Å². The molecule has 0 amide bonds. The van der Waals surface area contributed by atoms with Gasteiger partial charge in [0.2, 0.25) is 6.29 Å². The van der Waals surface area contributed by atoms with E-state index in [-0.39, 0.29) is 17.1 Å². The highest BCUT2D eigenvalue weighted by Gasteiger charge is 2.44. The predicted molar refractivity (Wildman–Crippen MR) is 78.5 cm³/mol. The van der Waals surface area contributed by atoms with Gasteiger partial charge in [0.25, 0.3) is 0 Å². The third-order valence-corrected chi connectivity index (χ3v) is 3.78. The van der Waals surface area contributed by atoms with Gasteiger partial charge in [-0.15, -0.1) is 0 Å². The number of aliphatic hydroxyl groups excluding tert-OH is 4. The van der Waals surface area contributed by atoms with Gasteiger partial charge in [0, 0.05) is 6.07 Å². The number of aromatic hydroxyl groups is 1. The van der Waals surface area contributed by atoms with Crippen molar-refractivity contribution >= 4 is 11.0 Å². The maximum atomic E-state index is 11.6. The van der Waals surface area contributed by atoms with Crippen LogP contribution in [0.3, 0.4) is 0 Å². The molecule has 5 N–H and O–H groups in total. The molecular formula is C15H16O9. The zero-order valence-electron chi connectivity index (χ0n) is 12.3. The molecule has 2 heterocycles. The highest BCUT2D eigenvalue weighted by Crippen LogP contribution is 2.30. The molecule has 1 aliphatic rings. The van der Waals surface area contributed by atoms with Gasteiger partial charge in [0.05, 0.1) is 18.1 Å². The normalized spacial score (nSPS) is 30.4. The summed E-state index contributed by atoms with van der Waals surface area (Å²) in [5.74, 6) is -0.124. The van der Waals surface area contributed by atoms with E-state index in [9.17, 15) is 25.2 Å². The zero-order valence-corrected chi connectivity index (χ0v) is 12.3. The maximum absolute atomic E-state index is 11.6. The van der Waals surface area contributed by atoms with Gasteiger partial charge in [0.15, 0.2) is 0 Å². The number of rotatable bonds is 3. The molecule has 1 saturated heterocycles. The van der Waals surface area contributed by atoms with E-state index in [2.05, 4.69) is 0 Å². The monoisotopic (exact) mass is 340 g/mol. The number of hydrogen-bond donors (Lipinski definition) is 5. The van der Waals surface area contributed by atoms with Crippen molar-refractivity contribution in [3.8, 4) is 11.5 Å². The van der Waals surface area contributed by atoms with Crippen molar-refractivity contribution in [2.45, 2.75) is 30.7 Å². The average Bonchev–Trinajstić information content (AvgIpc) is 2.54. The van der Waals surface area contributed by atoms with Crippen LogP contribution in [0, 0.1) is 0 Å². The van der Waals surface area contributed by atoms with Crippen molar-refractivity contribution in [1.29, 1.82) is 0 Å². The number of aliphatic hydroxyl groups is 4. The topological polar surface area (TPSA) is 150 Å². The van der Waals surface area contributed by atoms with E-state index in [1.54, 1.807) is 0 Å². The standard InChI is InChI=1S/C15H16O9/c16-5-10-12(19)13(20)14(21)15(24-10)23-9-4-11(18)22-8-3-6(17)1-2-7(8)9/h1-4,10,12-17,19-21H,5H2/t10-,12-,13+,14-,15-/m1/s1. The van der Waals surface area contributed by atoms with Gasteiger partial charge in [-0.3, -0.25) is 0 Å². The quantitative estimate of drug-likeness (QED) is 0.429. The molecule has 1 aliphatic heterocycles. The highest BCUT2D eigenvalue weighted by atomic mass is 16.7. The van der Waals surface area contributed by atoms with Crippen LogP contribution in [0.15, 0.2) is 33.5 Å². The molecule has 5 atom stereocenters. The van der Waals surface area contributed by atoms with Crippen LogP contribution < -0.4 is 10.4 Å². The van der Waals surface area contributed by atoms with Crippen LogP contribution in [0.5, 0.6) is 11.5 Å². The van der Waals surface area contributed by atoms with Gasteiger partial charge in [0.1, 0.15) is 41.5 Å². The second-order valence-electron chi connectivity index (χ2n) is 5.43. The Labute approximate surface area is 134 Å². The van der Waals surface area contributed by atoms with Gasteiger partial charge in [-0.25, -0.2) is 4.79 Å². The molecule has 1 aromatic heterocycles. The van der Waals surface area contributed by atoms with E-state index in [4.69, 9.17) is 19.0 Å². The molecule has 2 aromatic rings. The first-order chi connectivity index (χ1) is 11.4. The van der Waals surface area contributed by atoms with E-state index in [1.807, 2.05) is 0 Å². The van der Waals surface area contributed by atoms with E-state index in [1.165, 1.54) is 18.2 Å². The van der Waals surface area contributed by atoms with Crippen LogP contribution in [-0.4, -0.2) is 62.8 Å². The fraction of sp³-hybridized carbons (Fsp3) is 0.400. The van der Waals surface area contributed by atoms with Crippen molar-refractivity contribution in [3.05, 3.63) is 34.7 Å². The molecule has 0 saturated carbocycles. The first-order valence-electron chi connectivity index (χ1n) is 7.15. The molecule has 3 rings (SSSR count). The summed E-state index contributed by atoms with van der Waals surface area (Å²) in [5.41, 5.74) is -0.699. The van der Waals surface area contributed by atoms with Gasteiger partial charge in [-0.05, 0) is 12.1 Å². The predicted octanol–water partition coefficient (Wildman–Crippen LogP) is -1.32. The third kappa shape index (κ3) is 2.95. The summed E-state index contributed by atoms with van der Waals surface area (Å²) in [6, 6.07) is 5.02. The van der Waals surface area contributed by atoms with E-state index in [0.29, 0.717) is 5.39 Å². The van der Waals surface area contributed by atoms with Crippen LogP contribution in [0.1, 0.15) is 0 Å². The average molecular weight is 340 g/mol. The molecule has 1 aromatic carbocycles. The van der Waals surface area contributed by atoms with E-state index in [0.717, 1.165) is 6.07 Å². The van der Waals surface area contributed by atoms with Gasteiger partial charge in [-0.1, -0.05) is 0 Å². The highest BCUT2D eigenvalue weighted by molar-refractivity contribution is 5.84. The summed E-state index contributed by atoms with van der Waals surface area (Å²) >= 11 is 0. The summed E-state index contributed by atoms with van der Waals surface area (Å²) in [7, 11) is 0. The first-order valence-corrected chi connectivity index (χ1v) is 7.15. The SMILES string of the molecule is O=c1cc(O[C@@H]2O[C@H](CO)[C@@H](O)[C@H](O)[C@H]2O)c2ccc(O)cc2o1. The molecule has 9 nitrogen and oxygen atoms in total. The molecule has 0 radical (unpaired) electrons. The fourth-order valence-corrected chi connectivity index (χ4v) is 2.51. The van der Waals surface area contributed by atoms with Gasteiger partial charge in [-0.2, -0.15) is 0 Å². The number of phenols is 1.